The molecular weight excluding hydrogens is 266 g/mol. The summed E-state index contributed by atoms with van der Waals surface area (Å²) in [6.07, 6.45) is 0. The predicted octanol–water partition coefficient (Wildman–Crippen LogP) is 3.89. The summed E-state index contributed by atoms with van der Waals surface area (Å²) < 4.78 is 10.6. The first-order chi connectivity index (χ1) is 9.95. The summed E-state index contributed by atoms with van der Waals surface area (Å²) in [4.78, 5) is 0. The Balaban J connectivity index is 1.92. The predicted molar refractivity (Wildman–Crippen MR) is 81.4 cm³/mol. The van der Waals surface area contributed by atoms with Crippen LogP contribution in [0.5, 0.6) is 11.5 Å². The number of fused-ring (bicyclic) bond motifs is 1. The third kappa shape index (κ3) is 2.54. The van der Waals surface area contributed by atoms with Gasteiger partial charge in [0.15, 0.2) is 16.8 Å². The molecule has 1 aromatic heterocycles. The maximum atomic E-state index is 5.85. The van der Waals surface area contributed by atoms with E-state index in [0.29, 0.717) is 22.5 Å². The molecular formula is C16H17N3O2. The Hall–Kier alpha value is -2.56. The second-order valence-corrected chi connectivity index (χ2v) is 5.99. The van der Waals surface area contributed by atoms with Crippen LogP contribution in [0.3, 0.4) is 0 Å². The van der Waals surface area contributed by atoms with Crippen LogP contribution in [0, 0.1) is 0 Å². The molecule has 3 aromatic rings. The van der Waals surface area contributed by atoms with Crippen molar-refractivity contribution in [1.29, 1.82) is 0 Å². The minimum Gasteiger partial charge on any atom is -0.455 e. The molecule has 2 N–H and O–H groups in total. The molecule has 0 bridgehead atoms. The third-order valence-electron chi connectivity index (χ3n) is 3.36. The summed E-state index contributed by atoms with van der Waals surface area (Å²) >= 11 is 0. The van der Waals surface area contributed by atoms with Crippen molar-refractivity contribution in [2.45, 2.75) is 26.2 Å². The van der Waals surface area contributed by atoms with E-state index < -0.39 is 0 Å². The van der Waals surface area contributed by atoms with Crippen LogP contribution >= 0.6 is 0 Å². The fourth-order valence-electron chi connectivity index (χ4n) is 2.10. The molecule has 2 aromatic carbocycles. The van der Waals surface area contributed by atoms with Gasteiger partial charge >= 0.3 is 0 Å². The Morgan fingerprint density at radius 2 is 1.62 bits per heavy atom. The van der Waals surface area contributed by atoms with Gasteiger partial charge in [-0.15, -0.1) is 0 Å². The SMILES string of the molecule is CC(C)(C)c1ccc(Oc2ccc(N)c3nonc23)cc1. The molecule has 1 heterocycles. The fourth-order valence-corrected chi connectivity index (χ4v) is 2.10. The van der Waals surface area contributed by atoms with Crippen LogP contribution < -0.4 is 10.5 Å². The first kappa shape index (κ1) is 13.4. The quantitative estimate of drug-likeness (QED) is 0.722. The van der Waals surface area contributed by atoms with Crippen LogP contribution in [-0.4, -0.2) is 10.3 Å². The Morgan fingerprint density at radius 3 is 2.29 bits per heavy atom. The van der Waals surface area contributed by atoms with Crippen LogP contribution in [-0.2, 0) is 5.41 Å². The van der Waals surface area contributed by atoms with Crippen molar-refractivity contribution in [3.63, 3.8) is 0 Å². The highest BCUT2D eigenvalue weighted by atomic mass is 16.6. The molecule has 0 aliphatic carbocycles. The molecule has 0 amide bonds. The zero-order valence-corrected chi connectivity index (χ0v) is 12.3. The smallest absolute Gasteiger partial charge is 0.179 e. The van der Waals surface area contributed by atoms with Crippen molar-refractivity contribution < 1.29 is 9.37 Å². The van der Waals surface area contributed by atoms with Gasteiger partial charge in [-0.25, -0.2) is 4.63 Å². The van der Waals surface area contributed by atoms with Crippen molar-refractivity contribution >= 4 is 16.7 Å². The summed E-state index contributed by atoms with van der Waals surface area (Å²) in [7, 11) is 0. The summed E-state index contributed by atoms with van der Waals surface area (Å²) in [5.74, 6) is 1.31. The van der Waals surface area contributed by atoms with E-state index in [1.807, 2.05) is 12.1 Å². The van der Waals surface area contributed by atoms with Gasteiger partial charge < -0.3 is 10.5 Å². The highest BCUT2D eigenvalue weighted by Crippen LogP contribution is 2.32. The number of nitrogens with zero attached hydrogens (tertiary/aromatic N) is 2. The molecule has 0 unspecified atom stereocenters. The zero-order valence-electron chi connectivity index (χ0n) is 12.3. The van der Waals surface area contributed by atoms with E-state index in [-0.39, 0.29) is 5.41 Å². The number of nitrogen functional groups attached to an aromatic ring is 1. The fraction of sp³-hybridized carbons (Fsp3) is 0.250. The van der Waals surface area contributed by atoms with Crippen molar-refractivity contribution in [1.82, 2.24) is 10.3 Å². The van der Waals surface area contributed by atoms with E-state index >= 15 is 0 Å². The maximum Gasteiger partial charge on any atom is 0.179 e. The average molecular weight is 283 g/mol. The largest absolute Gasteiger partial charge is 0.455 e. The van der Waals surface area contributed by atoms with Crippen LogP contribution in [0.2, 0.25) is 0 Å². The lowest BCUT2D eigenvalue weighted by Gasteiger charge is -2.19. The molecule has 0 aliphatic heterocycles. The third-order valence-corrected chi connectivity index (χ3v) is 3.36. The zero-order chi connectivity index (χ0) is 15.0. The molecule has 0 spiro atoms. The molecule has 5 nitrogen and oxygen atoms in total. The van der Waals surface area contributed by atoms with Gasteiger partial charge in [0.2, 0.25) is 0 Å². The molecule has 0 fully saturated rings. The molecule has 0 saturated carbocycles. The van der Waals surface area contributed by atoms with E-state index in [4.69, 9.17) is 15.1 Å². The highest BCUT2D eigenvalue weighted by molar-refractivity contribution is 5.90. The van der Waals surface area contributed by atoms with Crippen LogP contribution in [0.4, 0.5) is 5.69 Å². The van der Waals surface area contributed by atoms with Gasteiger partial charge in [-0.05, 0) is 45.6 Å². The summed E-state index contributed by atoms with van der Waals surface area (Å²) in [6, 6.07) is 11.5. The van der Waals surface area contributed by atoms with E-state index in [2.05, 4.69) is 43.2 Å². The standard InChI is InChI=1S/C16H17N3O2/c1-16(2,3)10-4-6-11(7-5-10)20-13-9-8-12(17)14-15(13)19-21-18-14/h4-9H,17H2,1-3H3. The molecule has 0 radical (unpaired) electrons. The number of hydrogen-bond donors (Lipinski definition) is 1. The van der Waals surface area contributed by atoms with Crippen molar-refractivity contribution in [3.8, 4) is 11.5 Å². The van der Waals surface area contributed by atoms with E-state index in [1.165, 1.54) is 5.56 Å². The molecule has 5 heteroatoms. The molecule has 21 heavy (non-hydrogen) atoms. The maximum absolute atomic E-state index is 5.85. The summed E-state index contributed by atoms with van der Waals surface area (Å²) in [6.45, 7) is 6.52. The Bertz CT molecular complexity index is 770. The van der Waals surface area contributed by atoms with Crippen molar-refractivity contribution in [3.05, 3.63) is 42.0 Å². The van der Waals surface area contributed by atoms with Gasteiger partial charge in [-0.3, -0.25) is 0 Å². The molecule has 108 valence electrons. The van der Waals surface area contributed by atoms with E-state index in [9.17, 15) is 0 Å². The Labute approximate surface area is 122 Å². The normalized spacial score (nSPS) is 11.8. The van der Waals surface area contributed by atoms with Crippen LogP contribution in [0.1, 0.15) is 26.3 Å². The minimum absolute atomic E-state index is 0.114. The van der Waals surface area contributed by atoms with Gasteiger partial charge in [-0.1, -0.05) is 32.9 Å². The number of nitrogens with two attached hydrogens (primary N) is 1. The first-order valence-electron chi connectivity index (χ1n) is 6.74. The van der Waals surface area contributed by atoms with Crippen LogP contribution in [0.25, 0.3) is 11.0 Å². The minimum atomic E-state index is 0.114. The molecule has 0 atom stereocenters. The van der Waals surface area contributed by atoms with Gasteiger partial charge in [0, 0.05) is 0 Å². The number of ether oxygens (including phenoxy) is 1. The highest BCUT2D eigenvalue weighted by Gasteiger charge is 2.14. The summed E-state index contributed by atoms with van der Waals surface area (Å²) in [5.41, 5.74) is 8.73. The Kier molecular flexibility index (Phi) is 3.05. The second-order valence-electron chi connectivity index (χ2n) is 5.99. The van der Waals surface area contributed by atoms with Gasteiger partial charge in [-0.2, -0.15) is 0 Å². The van der Waals surface area contributed by atoms with Crippen molar-refractivity contribution in [2.75, 3.05) is 5.73 Å². The molecule has 0 aliphatic rings. The molecule has 0 saturated heterocycles. The number of aromatic nitrogens is 2. The Morgan fingerprint density at radius 1 is 0.952 bits per heavy atom. The van der Waals surface area contributed by atoms with E-state index in [0.717, 1.165) is 5.75 Å². The number of rotatable bonds is 2. The van der Waals surface area contributed by atoms with Gasteiger partial charge in [0.25, 0.3) is 0 Å². The lowest BCUT2D eigenvalue weighted by Crippen LogP contribution is -2.10. The molecule has 3 rings (SSSR count). The summed E-state index contributed by atoms with van der Waals surface area (Å²) in [5, 5.41) is 7.62. The number of anilines is 1. The van der Waals surface area contributed by atoms with E-state index in [1.54, 1.807) is 12.1 Å². The van der Waals surface area contributed by atoms with Gasteiger partial charge in [0.1, 0.15) is 5.75 Å². The van der Waals surface area contributed by atoms with Gasteiger partial charge in [0.05, 0.1) is 5.69 Å². The van der Waals surface area contributed by atoms with Crippen LogP contribution in [0.15, 0.2) is 41.0 Å². The lowest BCUT2D eigenvalue weighted by atomic mass is 9.87. The number of hydrogen-bond acceptors (Lipinski definition) is 5. The lowest BCUT2D eigenvalue weighted by molar-refractivity contribution is 0.314. The van der Waals surface area contributed by atoms with Crippen molar-refractivity contribution in [2.24, 2.45) is 0 Å². The first-order valence-corrected chi connectivity index (χ1v) is 6.74. The number of benzene rings is 2. The topological polar surface area (TPSA) is 74.2 Å². The second kappa shape index (κ2) is 4.77. The monoisotopic (exact) mass is 283 g/mol. The average Bonchev–Trinajstić information content (AvgIpc) is 2.92.